The van der Waals surface area contributed by atoms with Crippen molar-refractivity contribution in [2.75, 3.05) is 0 Å². The standard InChI is InChI=1S/C23H17BrN2O2/c1-26-20-13-12-18(24)14-19(20)25-22(26)15-21(16-8-4-2-5-9-16)28-23(27)17-10-6-3-7-11-17/h2-15H,1H3. The monoisotopic (exact) mass is 432 g/mol. The Hall–Kier alpha value is -3.18. The molecule has 0 bridgehead atoms. The smallest absolute Gasteiger partial charge is 0.343 e. The van der Waals surface area contributed by atoms with Crippen molar-refractivity contribution in [2.24, 2.45) is 7.05 Å². The predicted octanol–water partition coefficient (Wildman–Crippen LogP) is 5.69. The van der Waals surface area contributed by atoms with Crippen molar-refractivity contribution >= 4 is 44.8 Å². The minimum atomic E-state index is -0.405. The van der Waals surface area contributed by atoms with E-state index in [0.717, 1.165) is 21.1 Å². The number of hydrogen-bond acceptors (Lipinski definition) is 3. The maximum atomic E-state index is 12.6. The lowest BCUT2D eigenvalue weighted by molar-refractivity contribution is 0.0693. The SMILES string of the molecule is Cn1c(C=C(OC(=O)c2ccccc2)c2ccccc2)nc2cc(Br)ccc21. The Labute approximate surface area is 171 Å². The number of aromatic nitrogens is 2. The summed E-state index contributed by atoms with van der Waals surface area (Å²) >= 11 is 3.48. The zero-order valence-corrected chi connectivity index (χ0v) is 16.8. The van der Waals surface area contributed by atoms with Crippen LogP contribution in [-0.2, 0) is 11.8 Å². The number of esters is 1. The second-order valence-electron chi connectivity index (χ2n) is 6.29. The molecule has 0 saturated heterocycles. The van der Waals surface area contributed by atoms with Gasteiger partial charge in [-0.25, -0.2) is 9.78 Å². The van der Waals surface area contributed by atoms with Crippen LogP contribution in [0.5, 0.6) is 0 Å². The quantitative estimate of drug-likeness (QED) is 0.307. The van der Waals surface area contributed by atoms with Gasteiger partial charge in [0, 0.05) is 23.2 Å². The Morgan fingerprint density at radius 3 is 2.29 bits per heavy atom. The number of benzene rings is 3. The van der Waals surface area contributed by atoms with E-state index >= 15 is 0 Å². The molecule has 4 aromatic rings. The molecule has 28 heavy (non-hydrogen) atoms. The molecule has 0 amide bonds. The van der Waals surface area contributed by atoms with Crippen LogP contribution in [0.2, 0.25) is 0 Å². The zero-order chi connectivity index (χ0) is 19.5. The number of carbonyl (C=O) groups is 1. The maximum Gasteiger partial charge on any atom is 0.343 e. The fourth-order valence-corrected chi connectivity index (χ4v) is 3.29. The Morgan fingerprint density at radius 1 is 0.964 bits per heavy atom. The molecular formula is C23H17BrN2O2. The number of carbonyl (C=O) groups excluding carboxylic acids is 1. The van der Waals surface area contributed by atoms with Gasteiger partial charge in [-0.1, -0.05) is 64.5 Å². The fourth-order valence-electron chi connectivity index (χ4n) is 2.95. The summed E-state index contributed by atoms with van der Waals surface area (Å²) in [6.45, 7) is 0. The van der Waals surface area contributed by atoms with E-state index in [0.29, 0.717) is 17.1 Å². The summed E-state index contributed by atoms with van der Waals surface area (Å²) in [5, 5.41) is 0. The molecule has 5 heteroatoms. The first-order chi connectivity index (χ1) is 13.6. The van der Waals surface area contributed by atoms with E-state index in [1.165, 1.54) is 0 Å². The largest absolute Gasteiger partial charge is 0.422 e. The number of halogens is 1. The Bertz CT molecular complexity index is 1170. The molecule has 0 fully saturated rings. The van der Waals surface area contributed by atoms with Crippen LogP contribution in [0, 0.1) is 0 Å². The van der Waals surface area contributed by atoms with Gasteiger partial charge in [0.25, 0.3) is 0 Å². The van der Waals surface area contributed by atoms with Gasteiger partial charge in [0.2, 0.25) is 0 Å². The molecule has 1 aromatic heterocycles. The van der Waals surface area contributed by atoms with Gasteiger partial charge in [-0.15, -0.1) is 0 Å². The molecular weight excluding hydrogens is 416 g/mol. The average molecular weight is 433 g/mol. The lowest BCUT2D eigenvalue weighted by Crippen LogP contribution is -2.05. The Kier molecular flexibility index (Phi) is 5.08. The van der Waals surface area contributed by atoms with E-state index in [1.807, 2.05) is 78.3 Å². The van der Waals surface area contributed by atoms with Crippen LogP contribution in [0.25, 0.3) is 22.9 Å². The van der Waals surface area contributed by atoms with Gasteiger partial charge >= 0.3 is 5.97 Å². The molecule has 0 atom stereocenters. The summed E-state index contributed by atoms with van der Waals surface area (Å²) in [5.74, 6) is 0.747. The first kappa shape index (κ1) is 18.2. The van der Waals surface area contributed by atoms with Crippen molar-refractivity contribution in [3.63, 3.8) is 0 Å². The van der Waals surface area contributed by atoms with Crippen molar-refractivity contribution in [3.05, 3.63) is 100 Å². The second kappa shape index (κ2) is 7.82. The normalized spacial score (nSPS) is 11.6. The van der Waals surface area contributed by atoms with Gasteiger partial charge in [-0.2, -0.15) is 0 Å². The summed E-state index contributed by atoms with van der Waals surface area (Å²) in [6.07, 6.45) is 1.80. The van der Waals surface area contributed by atoms with Crippen molar-refractivity contribution in [2.45, 2.75) is 0 Å². The highest BCUT2D eigenvalue weighted by Gasteiger charge is 2.14. The lowest BCUT2D eigenvalue weighted by atomic mass is 10.1. The van der Waals surface area contributed by atoms with Crippen LogP contribution >= 0.6 is 15.9 Å². The molecule has 0 unspecified atom stereocenters. The molecule has 1 heterocycles. The van der Waals surface area contributed by atoms with Crippen LogP contribution in [-0.4, -0.2) is 15.5 Å². The van der Waals surface area contributed by atoms with Crippen molar-refractivity contribution < 1.29 is 9.53 Å². The molecule has 3 aromatic carbocycles. The molecule has 0 radical (unpaired) electrons. The minimum Gasteiger partial charge on any atom is -0.422 e. The van der Waals surface area contributed by atoms with E-state index in [-0.39, 0.29) is 0 Å². The van der Waals surface area contributed by atoms with Crippen LogP contribution in [0.3, 0.4) is 0 Å². The topological polar surface area (TPSA) is 44.1 Å². The van der Waals surface area contributed by atoms with Crippen molar-refractivity contribution in [1.29, 1.82) is 0 Å². The van der Waals surface area contributed by atoms with Gasteiger partial charge < -0.3 is 9.30 Å². The molecule has 0 spiro atoms. The van der Waals surface area contributed by atoms with Crippen molar-refractivity contribution in [1.82, 2.24) is 9.55 Å². The summed E-state index contributed by atoms with van der Waals surface area (Å²) < 4.78 is 8.70. The van der Waals surface area contributed by atoms with Crippen molar-refractivity contribution in [3.8, 4) is 0 Å². The number of fused-ring (bicyclic) bond motifs is 1. The first-order valence-electron chi connectivity index (χ1n) is 8.78. The third kappa shape index (κ3) is 3.75. The summed E-state index contributed by atoms with van der Waals surface area (Å²) in [6, 6.07) is 24.4. The highest BCUT2D eigenvalue weighted by molar-refractivity contribution is 9.10. The van der Waals surface area contributed by atoms with Gasteiger partial charge in [0.15, 0.2) is 0 Å². The molecule has 0 saturated carbocycles. The third-order valence-electron chi connectivity index (χ3n) is 4.41. The molecule has 0 aliphatic carbocycles. The number of aryl methyl sites for hydroxylation is 1. The van der Waals surface area contributed by atoms with Crippen LogP contribution in [0.1, 0.15) is 21.7 Å². The van der Waals surface area contributed by atoms with Gasteiger partial charge in [0.05, 0.1) is 16.6 Å². The van der Waals surface area contributed by atoms with E-state index in [2.05, 4.69) is 20.9 Å². The molecule has 138 valence electrons. The number of ether oxygens (including phenoxy) is 1. The minimum absolute atomic E-state index is 0.405. The average Bonchev–Trinajstić information content (AvgIpc) is 3.03. The first-order valence-corrected chi connectivity index (χ1v) is 9.57. The Balaban J connectivity index is 1.77. The summed E-state index contributed by atoms with van der Waals surface area (Å²) in [5.41, 5.74) is 3.17. The van der Waals surface area contributed by atoms with E-state index < -0.39 is 5.97 Å². The fraction of sp³-hybridized carbons (Fsp3) is 0.0435. The zero-order valence-electron chi connectivity index (χ0n) is 15.2. The van der Waals surface area contributed by atoms with Crippen LogP contribution < -0.4 is 0 Å². The second-order valence-corrected chi connectivity index (χ2v) is 7.21. The van der Waals surface area contributed by atoms with Crippen LogP contribution in [0.4, 0.5) is 0 Å². The molecule has 0 N–H and O–H groups in total. The lowest BCUT2D eigenvalue weighted by Gasteiger charge is -2.09. The highest BCUT2D eigenvalue weighted by atomic mass is 79.9. The number of imidazole rings is 1. The number of rotatable bonds is 4. The number of nitrogens with zero attached hydrogens (tertiary/aromatic N) is 2. The Morgan fingerprint density at radius 2 is 1.61 bits per heavy atom. The van der Waals surface area contributed by atoms with Gasteiger partial charge in [-0.3, -0.25) is 0 Å². The highest BCUT2D eigenvalue weighted by Crippen LogP contribution is 2.25. The molecule has 4 nitrogen and oxygen atoms in total. The van der Waals surface area contributed by atoms with Crippen LogP contribution in [0.15, 0.2) is 83.3 Å². The number of hydrogen-bond donors (Lipinski definition) is 0. The summed E-state index contributed by atoms with van der Waals surface area (Å²) in [7, 11) is 1.94. The molecule has 0 aliphatic heterocycles. The third-order valence-corrected chi connectivity index (χ3v) is 4.90. The van der Waals surface area contributed by atoms with E-state index in [1.54, 1.807) is 18.2 Å². The summed E-state index contributed by atoms with van der Waals surface area (Å²) in [4.78, 5) is 17.3. The van der Waals surface area contributed by atoms with Gasteiger partial charge in [-0.05, 0) is 30.3 Å². The predicted molar refractivity (Wildman–Crippen MR) is 115 cm³/mol. The molecule has 4 rings (SSSR count). The van der Waals surface area contributed by atoms with Gasteiger partial charge in [0.1, 0.15) is 11.6 Å². The van der Waals surface area contributed by atoms with E-state index in [9.17, 15) is 4.79 Å². The van der Waals surface area contributed by atoms with E-state index in [4.69, 9.17) is 4.74 Å². The maximum absolute atomic E-state index is 12.6. The molecule has 0 aliphatic rings.